The molecule has 0 aliphatic carbocycles. The van der Waals surface area contributed by atoms with Crippen molar-refractivity contribution in [1.29, 1.82) is 0 Å². The van der Waals surface area contributed by atoms with Gasteiger partial charge >= 0.3 is 0 Å². The minimum atomic E-state index is -2.88. The van der Waals surface area contributed by atoms with Crippen molar-refractivity contribution in [1.82, 2.24) is 4.90 Å². The van der Waals surface area contributed by atoms with Gasteiger partial charge in [0.05, 0.1) is 27.1 Å². The van der Waals surface area contributed by atoms with E-state index in [2.05, 4.69) is 9.80 Å². The molecule has 24 heavy (non-hydrogen) atoms. The SMILES string of the molecule is Cc1cc([N+](=O)[O-])cc(Cl)c1N1CCN(C2CCS(=O)(=O)C2)CC1. The van der Waals surface area contributed by atoms with E-state index in [0.717, 1.165) is 37.4 Å². The maximum atomic E-state index is 11.6. The number of nitro groups is 1. The van der Waals surface area contributed by atoms with Gasteiger partial charge in [-0.3, -0.25) is 15.0 Å². The molecule has 0 amide bonds. The van der Waals surface area contributed by atoms with Crippen LogP contribution in [0.25, 0.3) is 0 Å². The number of aryl methyl sites for hydroxylation is 1. The molecule has 1 unspecified atom stereocenters. The van der Waals surface area contributed by atoms with Crippen LogP contribution in [0.3, 0.4) is 0 Å². The Labute approximate surface area is 146 Å². The lowest BCUT2D eigenvalue weighted by Gasteiger charge is -2.39. The molecule has 9 heteroatoms. The summed E-state index contributed by atoms with van der Waals surface area (Å²) in [4.78, 5) is 14.8. The van der Waals surface area contributed by atoms with Crippen molar-refractivity contribution in [2.45, 2.75) is 19.4 Å². The molecule has 0 bridgehead atoms. The summed E-state index contributed by atoms with van der Waals surface area (Å²) in [6.45, 7) is 4.83. The summed E-state index contributed by atoms with van der Waals surface area (Å²) in [7, 11) is -2.88. The van der Waals surface area contributed by atoms with Crippen LogP contribution < -0.4 is 4.90 Å². The summed E-state index contributed by atoms with van der Waals surface area (Å²) >= 11 is 6.27. The van der Waals surface area contributed by atoms with Crippen LogP contribution in [0.1, 0.15) is 12.0 Å². The van der Waals surface area contributed by atoms with E-state index in [9.17, 15) is 18.5 Å². The second-order valence-corrected chi connectivity index (χ2v) is 9.07. The molecular weight excluding hydrogens is 354 g/mol. The Kier molecular flexibility index (Phi) is 4.72. The molecule has 0 spiro atoms. The number of hydrogen-bond acceptors (Lipinski definition) is 6. The van der Waals surface area contributed by atoms with Crippen molar-refractivity contribution >= 4 is 32.8 Å². The van der Waals surface area contributed by atoms with Crippen molar-refractivity contribution in [2.24, 2.45) is 0 Å². The van der Waals surface area contributed by atoms with Crippen molar-refractivity contribution in [2.75, 3.05) is 42.6 Å². The molecule has 2 fully saturated rings. The van der Waals surface area contributed by atoms with Gasteiger partial charge in [-0.05, 0) is 18.9 Å². The Balaban J connectivity index is 1.70. The van der Waals surface area contributed by atoms with E-state index in [-0.39, 0.29) is 23.2 Å². The maximum Gasteiger partial charge on any atom is 0.271 e. The topological polar surface area (TPSA) is 83.8 Å². The number of sulfone groups is 1. The van der Waals surface area contributed by atoms with E-state index in [1.165, 1.54) is 12.1 Å². The third kappa shape index (κ3) is 3.50. The molecule has 0 aromatic heterocycles. The fourth-order valence-electron chi connectivity index (χ4n) is 3.60. The van der Waals surface area contributed by atoms with E-state index in [0.29, 0.717) is 11.4 Å². The molecule has 132 valence electrons. The highest BCUT2D eigenvalue weighted by atomic mass is 35.5. The lowest BCUT2D eigenvalue weighted by Crippen LogP contribution is -2.51. The van der Waals surface area contributed by atoms with E-state index in [1.54, 1.807) is 0 Å². The first-order valence-electron chi connectivity index (χ1n) is 7.91. The first-order valence-corrected chi connectivity index (χ1v) is 10.1. The molecule has 7 nitrogen and oxygen atoms in total. The van der Waals surface area contributed by atoms with Gasteiger partial charge < -0.3 is 4.90 Å². The quantitative estimate of drug-likeness (QED) is 0.594. The number of nitrogens with zero attached hydrogens (tertiary/aromatic N) is 3. The summed E-state index contributed by atoms with van der Waals surface area (Å²) < 4.78 is 23.3. The zero-order valence-electron chi connectivity index (χ0n) is 13.4. The molecule has 1 aromatic carbocycles. The van der Waals surface area contributed by atoms with Crippen LogP contribution in [0, 0.1) is 17.0 Å². The van der Waals surface area contributed by atoms with Crippen molar-refractivity contribution in [3.05, 3.63) is 32.8 Å². The van der Waals surface area contributed by atoms with E-state index in [4.69, 9.17) is 11.6 Å². The fraction of sp³-hybridized carbons (Fsp3) is 0.600. The number of halogens is 1. The maximum absolute atomic E-state index is 11.6. The number of nitro benzene ring substituents is 1. The van der Waals surface area contributed by atoms with Crippen LogP contribution in [-0.2, 0) is 9.84 Å². The van der Waals surface area contributed by atoms with Crippen molar-refractivity contribution in [3.8, 4) is 0 Å². The zero-order chi connectivity index (χ0) is 17.5. The molecule has 2 aliphatic rings. The molecule has 2 aliphatic heterocycles. The zero-order valence-corrected chi connectivity index (χ0v) is 15.0. The van der Waals surface area contributed by atoms with Crippen molar-refractivity contribution < 1.29 is 13.3 Å². The minimum Gasteiger partial charge on any atom is -0.368 e. The Morgan fingerprint density at radius 2 is 1.92 bits per heavy atom. The minimum absolute atomic E-state index is 0.00366. The van der Waals surface area contributed by atoms with Gasteiger partial charge in [-0.2, -0.15) is 0 Å². The van der Waals surface area contributed by atoms with Crippen LogP contribution >= 0.6 is 11.6 Å². The molecule has 2 heterocycles. The lowest BCUT2D eigenvalue weighted by molar-refractivity contribution is -0.384. The summed E-state index contributed by atoms with van der Waals surface area (Å²) in [6, 6.07) is 3.04. The predicted octanol–water partition coefficient (Wildman–Crippen LogP) is 1.87. The number of rotatable bonds is 3. The van der Waals surface area contributed by atoms with Gasteiger partial charge in [0.25, 0.3) is 5.69 Å². The van der Waals surface area contributed by atoms with Gasteiger partial charge in [-0.15, -0.1) is 0 Å². The molecular formula is C15H20ClN3O4S. The van der Waals surface area contributed by atoms with E-state index >= 15 is 0 Å². The Bertz CT molecular complexity index is 737. The van der Waals surface area contributed by atoms with Crippen LogP contribution in [-0.4, -0.2) is 62.0 Å². The monoisotopic (exact) mass is 373 g/mol. The molecule has 0 saturated carbocycles. The van der Waals surface area contributed by atoms with Gasteiger partial charge in [-0.25, -0.2) is 8.42 Å². The standard InChI is InChI=1S/C15H20ClN3O4S/c1-11-8-13(19(20)21)9-14(16)15(11)18-5-3-17(4-6-18)12-2-7-24(22,23)10-12/h8-9,12H,2-7,10H2,1H3. The highest BCUT2D eigenvalue weighted by molar-refractivity contribution is 7.91. The molecule has 1 aromatic rings. The number of hydrogen-bond donors (Lipinski definition) is 0. The lowest BCUT2D eigenvalue weighted by atomic mass is 10.1. The predicted molar refractivity (Wildman–Crippen MR) is 93.7 cm³/mol. The smallest absolute Gasteiger partial charge is 0.271 e. The largest absolute Gasteiger partial charge is 0.368 e. The second-order valence-electron chi connectivity index (χ2n) is 6.43. The summed E-state index contributed by atoms with van der Waals surface area (Å²) in [6.07, 6.45) is 0.708. The molecule has 2 saturated heterocycles. The Morgan fingerprint density at radius 3 is 2.42 bits per heavy atom. The van der Waals surface area contributed by atoms with Gasteiger partial charge in [0.1, 0.15) is 0 Å². The van der Waals surface area contributed by atoms with Crippen LogP contribution in [0.5, 0.6) is 0 Å². The Hall–Kier alpha value is -1.38. The first-order chi connectivity index (χ1) is 11.3. The third-order valence-corrected chi connectivity index (χ3v) is 6.84. The average Bonchev–Trinajstić information content (AvgIpc) is 2.87. The Morgan fingerprint density at radius 1 is 1.25 bits per heavy atom. The third-order valence-electron chi connectivity index (χ3n) is 4.80. The van der Waals surface area contributed by atoms with Crippen LogP contribution in [0.4, 0.5) is 11.4 Å². The van der Waals surface area contributed by atoms with E-state index in [1.807, 2.05) is 6.92 Å². The van der Waals surface area contributed by atoms with Gasteiger partial charge in [-0.1, -0.05) is 11.6 Å². The highest BCUT2D eigenvalue weighted by Crippen LogP contribution is 2.34. The number of anilines is 1. The molecule has 0 radical (unpaired) electrons. The first kappa shape index (κ1) is 17.4. The van der Waals surface area contributed by atoms with Crippen molar-refractivity contribution in [3.63, 3.8) is 0 Å². The summed E-state index contributed by atoms with van der Waals surface area (Å²) in [5.41, 5.74) is 1.61. The average molecular weight is 374 g/mol. The normalized spacial score (nSPS) is 24.2. The van der Waals surface area contributed by atoms with Crippen LogP contribution in [0.2, 0.25) is 5.02 Å². The van der Waals surface area contributed by atoms with Crippen LogP contribution in [0.15, 0.2) is 12.1 Å². The van der Waals surface area contributed by atoms with E-state index < -0.39 is 14.8 Å². The summed E-state index contributed by atoms with van der Waals surface area (Å²) in [5, 5.41) is 11.3. The van der Waals surface area contributed by atoms with Gasteiger partial charge in [0.15, 0.2) is 9.84 Å². The van der Waals surface area contributed by atoms with Gasteiger partial charge in [0.2, 0.25) is 0 Å². The van der Waals surface area contributed by atoms with Gasteiger partial charge in [0, 0.05) is 44.4 Å². The number of piperazine rings is 1. The second kappa shape index (κ2) is 6.50. The summed E-state index contributed by atoms with van der Waals surface area (Å²) in [5.74, 6) is 0.537. The molecule has 0 N–H and O–H groups in total. The number of benzene rings is 1. The number of non-ortho nitro benzene ring substituents is 1. The molecule has 1 atom stereocenters. The molecule has 3 rings (SSSR count). The fourth-order valence-corrected chi connectivity index (χ4v) is 5.74. The highest BCUT2D eigenvalue weighted by Gasteiger charge is 2.34.